The third-order valence-electron chi connectivity index (χ3n) is 3.23. The Morgan fingerprint density at radius 2 is 2.25 bits per heavy atom. The Hall–Kier alpha value is -0.830. The van der Waals surface area contributed by atoms with Gasteiger partial charge < -0.3 is 4.90 Å². The second kappa shape index (κ2) is 5.00. The maximum atomic E-state index is 11.1. The fourth-order valence-corrected chi connectivity index (χ4v) is 2.72. The Morgan fingerprint density at radius 1 is 1.44 bits per heavy atom. The number of benzene rings is 1. The van der Waals surface area contributed by atoms with Crippen LogP contribution in [0.15, 0.2) is 22.7 Å². The standard InChI is InChI=1S/C13H16BrNO/c1-10-4-2-3-7-15(10)13-6-5-12(14)8-11(13)9-16/h5-6,8-10H,2-4,7H2,1H3/t10-/m1/s1. The third-order valence-corrected chi connectivity index (χ3v) is 3.72. The summed E-state index contributed by atoms with van der Waals surface area (Å²) in [7, 11) is 0. The maximum absolute atomic E-state index is 11.1. The molecule has 2 rings (SSSR count). The molecule has 1 aromatic rings. The van der Waals surface area contributed by atoms with Crippen molar-refractivity contribution in [3.8, 4) is 0 Å². The van der Waals surface area contributed by atoms with Gasteiger partial charge in [0.05, 0.1) is 0 Å². The number of piperidine rings is 1. The number of nitrogens with zero attached hydrogens (tertiary/aromatic N) is 1. The first kappa shape index (κ1) is 11.6. The highest BCUT2D eigenvalue weighted by Crippen LogP contribution is 2.28. The molecule has 1 saturated heterocycles. The number of halogens is 1. The Bertz CT molecular complexity index is 392. The molecular formula is C13H16BrNO. The molecule has 1 aliphatic rings. The quantitative estimate of drug-likeness (QED) is 0.772. The van der Waals surface area contributed by atoms with Gasteiger partial charge in [0.25, 0.3) is 0 Å². The van der Waals surface area contributed by atoms with E-state index in [4.69, 9.17) is 0 Å². The molecule has 2 nitrogen and oxygen atoms in total. The molecular weight excluding hydrogens is 266 g/mol. The average Bonchev–Trinajstić information content (AvgIpc) is 2.30. The molecule has 1 atom stereocenters. The number of carbonyl (C=O) groups excluding carboxylic acids is 1. The number of rotatable bonds is 2. The SMILES string of the molecule is C[C@@H]1CCCCN1c1ccc(Br)cc1C=O. The normalized spacial score (nSPS) is 20.9. The lowest BCUT2D eigenvalue weighted by Crippen LogP contribution is -2.37. The van der Waals surface area contributed by atoms with Gasteiger partial charge in [0.2, 0.25) is 0 Å². The van der Waals surface area contributed by atoms with Gasteiger partial charge in [-0.25, -0.2) is 0 Å². The molecule has 0 aliphatic carbocycles. The number of hydrogen-bond donors (Lipinski definition) is 0. The lowest BCUT2D eigenvalue weighted by atomic mass is 10.0. The molecule has 0 spiro atoms. The Balaban J connectivity index is 2.34. The van der Waals surface area contributed by atoms with Crippen LogP contribution < -0.4 is 4.90 Å². The molecule has 1 fully saturated rings. The third kappa shape index (κ3) is 2.29. The first-order valence-electron chi connectivity index (χ1n) is 5.74. The summed E-state index contributed by atoms with van der Waals surface area (Å²) in [4.78, 5) is 13.4. The molecule has 0 bridgehead atoms. The summed E-state index contributed by atoms with van der Waals surface area (Å²) in [6.07, 6.45) is 4.68. The van der Waals surface area contributed by atoms with Crippen LogP contribution >= 0.6 is 15.9 Å². The second-order valence-corrected chi connectivity index (χ2v) is 5.27. The lowest BCUT2D eigenvalue weighted by molar-refractivity contribution is 0.112. The van der Waals surface area contributed by atoms with Crippen molar-refractivity contribution in [2.24, 2.45) is 0 Å². The van der Waals surface area contributed by atoms with E-state index in [1.807, 2.05) is 18.2 Å². The smallest absolute Gasteiger partial charge is 0.152 e. The van der Waals surface area contributed by atoms with Crippen molar-refractivity contribution in [3.63, 3.8) is 0 Å². The molecule has 16 heavy (non-hydrogen) atoms. The van der Waals surface area contributed by atoms with Gasteiger partial charge in [0, 0.05) is 28.3 Å². The molecule has 3 heteroatoms. The van der Waals surface area contributed by atoms with Crippen molar-refractivity contribution in [2.75, 3.05) is 11.4 Å². The molecule has 0 N–H and O–H groups in total. The molecule has 1 heterocycles. The number of carbonyl (C=O) groups is 1. The fourth-order valence-electron chi connectivity index (χ4n) is 2.34. The number of aldehydes is 1. The monoisotopic (exact) mass is 281 g/mol. The first-order chi connectivity index (χ1) is 7.72. The van der Waals surface area contributed by atoms with Gasteiger partial charge in [-0.05, 0) is 44.4 Å². The molecule has 0 aromatic heterocycles. The van der Waals surface area contributed by atoms with E-state index in [2.05, 4.69) is 27.8 Å². The minimum atomic E-state index is 0.536. The lowest BCUT2D eigenvalue weighted by Gasteiger charge is -2.36. The highest BCUT2D eigenvalue weighted by atomic mass is 79.9. The summed E-state index contributed by atoms with van der Waals surface area (Å²) >= 11 is 3.40. The Morgan fingerprint density at radius 3 is 2.94 bits per heavy atom. The van der Waals surface area contributed by atoms with Crippen LogP contribution in [0.25, 0.3) is 0 Å². The van der Waals surface area contributed by atoms with E-state index in [9.17, 15) is 4.79 Å². The second-order valence-electron chi connectivity index (χ2n) is 4.36. The van der Waals surface area contributed by atoms with Gasteiger partial charge in [-0.3, -0.25) is 4.79 Å². The van der Waals surface area contributed by atoms with Crippen molar-refractivity contribution in [1.82, 2.24) is 0 Å². The van der Waals surface area contributed by atoms with E-state index in [1.165, 1.54) is 19.3 Å². The Labute approximate surface area is 105 Å². The number of anilines is 1. The van der Waals surface area contributed by atoms with E-state index < -0.39 is 0 Å². The molecule has 86 valence electrons. The summed E-state index contributed by atoms with van der Waals surface area (Å²) in [6.45, 7) is 3.29. The van der Waals surface area contributed by atoms with E-state index in [0.29, 0.717) is 6.04 Å². The van der Waals surface area contributed by atoms with Gasteiger partial charge in [0.15, 0.2) is 6.29 Å². The van der Waals surface area contributed by atoms with Crippen LogP contribution in [-0.2, 0) is 0 Å². The van der Waals surface area contributed by atoms with Crippen molar-refractivity contribution < 1.29 is 4.79 Å². The molecule has 0 unspecified atom stereocenters. The van der Waals surface area contributed by atoms with Crippen LogP contribution in [0.2, 0.25) is 0 Å². The van der Waals surface area contributed by atoms with E-state index >= 15 is 0 Å². The van der Waals surface area contributed by atoms with Gasteiger partial charge in [0.1, 0.15) is 0 Å². The van der Waals surface area contributed by atoms with Crippen LogP contribution in [0.1, 0.15) is 36.5 Å². The van der Waals surface area contributed by atoms with Crippen LogP contribution in [-0.4, -0.2) is 18.9 Å². The molecule has 0 radical (unpaired) electrons. The average molecular weight is 282 g/mol. The zero-order valence-electron chi connectivity index (χ0n) is 9.45. The topological polar surface area (TPSA) is 20.3 Å². The minimum Gasteiger partial charge on any atom is -0.368 e. The molecule has 0 amide bonds. The van der Waals surface area contributed by atoms with Gasteiger partial charge in [-0.2, -0.15) is 0 Å². The highest BCUT2D eigenvalue weighted by Gasteiger charge is 2.20. The maximum Gasteiger partial charge on any atom is 0.152 e. The fraction of sp³-hybridized carbons (Fsp3) is 0.462. The van der Waals surface area contributed by atoms with Crippen LogP contribution in [0.5, 0.6) is 0 Å². The summed E-state index contributed by atoms with van der Waals surface area (Å²) in [6, 6.07) is 6.47. The molecule has 1 aromatic carbocycles. The van der Waals surface area contributed by atoms with E-state index in [1.54, 1.807) is 0 Å². The summed E-state index contributed by atoms with van der Waals surface area (Å²) in [5.74, 6) is 0. The zero-order valence-corrected chi connectivity index (χ0v) is 11.0. The largest absolute Gasteiger partial charge is 0.368 e. The van der Waals surface area contributed by atoms with Crippen molar-refractivity contribution in [3.05, 3.63) is 28.2 Å². The van der Waals surface area contributed by atoms with Gasteiger partial charge in [-0.1, -0.05) is 15.9 Å². The van der Waals surface area contributed by atoms with Crippen LogP contribution in [0.3, 0.4) is 0 Å². The predicted molar refractivity (Wildman–Crippen MR) is 70.2 cm³/mol. The molecule has 0 saturated carbocycles. The predicted octanol–water partition coefficient (Wildman–Crippen LogP) is 3.64. The first-order valence-corrected chi connectivity index (χ1v) is 6.53. The Kier molecular flexibility index (Phi) is 3.64. The van der Waals surface area contributed by atoms with Gasteiger partial charge >= 0.3 is 0 Å². The van der Waals surface area contributed by atoms with Crippen molar-refractivity contribution in [2.45, 2.75) is 32.2 Å². The summed E-state index contributed by atoms with van der Waals surface area (Å²) in [5, 5.41) is 0. The molecule has 1 aliphatic heterocycles. The van der Waals surface area contributed by atoms with E-state index in [-0.39, 0.29) is 0 Å². The highest BCUT2D eigenvalue weighted by molar-refractivity contribution is 9.10. The van der Waals surface area contributed by atoms with Crippen LogP contribution in [0.4, 0.5) is 5.69 Å². The zero-order chi connectivity index (χ0) is 11.5. The van der Waals surface area contributed by atoms with Crippen molar-refractivity contribution >= 4 is 27.9 Å². The van der Waals surface area contributed by atoms with Crippen molar-refractivity contribution in [1.29, 1.82) is 0 Å². The summed E-state index contributed by atoms with van der Waals surface area (Å²) in [5.41, 5.74) is 1.86. The van der Waals surface area contributed by atoms with Gasteiger partial charge in [-0.15, -0.1) is 0 Å². The number of hydrogen-bond acceptors (Lipinski definition) is 2. The van der Waals surface area contributed by atoms with Crippen LogP contribution in [0, 0.1) is 0 Å². The minimum absolute atomic E-state index is 0.536. The van der Waals surface area contributed by atoms with E-state index in [0.717, 1.165) is 28.6 Å². The summed E-state index contributed by atoms with van der Waals surface area (Å²) < 4.78 is 0.961.